The maximum atomic E-state index is 14.5. The van der Waals surface area contributed by atoms with E-state index in [1.54, 1.807) is 12.3 Å². The number of piperazine rings is 1. The van der Waals surface area contributed by atoms with Crippen molar-refractivity contribution in [3.63, 3.8) is 0 Å². The van der Waals surface area contributed by atoms with E-state index in [0.29, 0.717) is 54.2 Å². The van der Waals surface area contributed by atoms with Crippen molar-refractivity contribution in [1.29, 1.82) is 0 Å². The Morgan fingerprint density at radius 3 is 2.85 bits per heavy atom. The summed E-state index contributed by atoms with van der Waals surface area (Å²) in [5, 5.41) is 12.1. The lowest BCUT2D eigenvalue weighted by Gasteiger charge is -2.33. The second kappa shape index (κ2) is 8.49. The Kier molecular flexibility index (Phi) is 5.51. The Balaban J connectivity index is 1.49. The first-order chi connectivity index (χ1) is 15.9. The van der Waals surface area contributed by atoms with Crippen LogP contribution in [0.15, 0.2) is 47.6 Å². The van der Waals surface area contributed by atoms with E-state index in [1.807, 2.05) is 23.1 Å². The van der Waals surface area contributed by atoms with Crippen LogP contribution < -0.4 is 10.2 Å². The fraction of sp³-hybridized carbons (Fsp3) is 0.217. The van der Waals surface area contributed by atoms with E-state index in [4.69, 9.17) is 16.6 Å². The Hall–Kier alpha value is -3.43. The van der Waals surface area contributed by atoms with E-state index in [1.165, 1.54) is 6.07 Å². The number of rotatable bonds is 4. The molecule has 3 aromatic rings. The zero-order chi connectivity index (χ0) is 23.1. The first-order valence-electron chi connectivity index (χ1n) is 10.3. The number of nitrogens with one attached hydrogen (secondary N) is 1. The number of nitrogens with zero attached hydrogens (tertiary/aromatic N) is 4. The number of carboxylic acid groups (broad SMARTS) is 1. The summed E-state index contributed by atoms with van der Waals surface area (Å²) in [6, 6.07) is 6.76. The lowest BCUT2D eigenvalue weighted by molar-refractivity contribution is -0.139. The Labute approximate surface area is 192 Å². The van der Waals surface area contributed by atoms with Crippen LogP contribution in [0.25, 0.3) is 16.6 Å². The molecule has 7 nitrogen and oxygen atoms in total. The maximum absolute atomic E-state index is 14.5. The van der Waals surface area contributed by atoms with Gasteiger partial charge in [-0.3, -0.25) is 14.8 Å². The van der Waals surface area contributed by atoms with Crippen molar-refractivity contribution in [2.75, 3.05) is 31.1 Å². The third-order valence-corrected chi connectivity index (χ3v) is 5.99. The van der Waals surface area contributed by atoms with Gasteiger partial charge in [-0.15, -0.1) is 0 Å². The van der Waals surface area contributed by atoms with E-state index in [0.717, 1.165) is 11.8 Å². The van der Waals surface area contributed by atoms with Crippen molar-refractivity contribution in [1.82, 2.24) is 15.3 Å². The summed E-state index contributed by atoms with van der Waals surface area (Å²) in [5.41, 5.74) is 3.71. The number of hydrogen-bond donors (Lipinski definition) is 2. The summed E-state index contributed by atoms with van der Waals surface area (Å²) in [6.07, 6.45) is 3.52. The molecule has 1 saturated heterocycles. The average molecular weight is 470 g/mol. The predicted octanol–water partition coefficient (Wildman–Crippen LogP) is 3.31. The molecule has 10 heteroatoms. The molecule has 0 spiro atoms. The molecule has 2 aliphatic rings. The zero-order valence-electron chi connectivity index (χ0n) is 17.2. The van der Waals surface area contributed by atoms with Gasteiger partial charge in [0.25, 0.3) is 0 Å². The van der Waals surface area contributed by atoms with Crippen molar-refractivity contribution in [2.45, 2.75) is 6.04 Å². The quantitative estimate of drug-likeness (QED) is 0.570. The number of fused-ring (bicyclic) bond motifs is 1. The molecule has 2 N–H and O–H groups in total. The minimum atomic E-state index is -0.901. The normalized spacial score (nSPS) is 18.4. The number of carbonyl (C=O) groups is 1. The van der Waals surface area contributed by atoms with E-state index in [-0.39, 0.29) is 10.6 Å². The second-order valence-electron chi connectivity index (χ2n) is 7.77. The lowest BCUT2D eigenvalue weighted by atomic mass is 9.99. The fourth-order valence-electron chi connectivity index (χ4n) is 4.04. The topological polar surface area (TPSA) is 90.7 Å². The summed E-state index contributed by atoms with van der Waals surface area (Å²) in [4.78, 5) is 26.9. The molecule has 0 saturated carbocycles. The molecule has 0 unspecified atom stereocenters. The van der Waals surface area contributed by atoms with Crippen LogP contribution in [0.5, 0.6) is 0 Å². The molecule has 0 bridgehead atoms. The summed E-state index contributed by atoms with van der Waals surface area (Å²) in [6.45, 7) is 1.84. The summed E-state index contributed by atoms with van der Waals surface area (Å²) in [5.74, 6) is -2.48. The van der Waals surface area contributed by atoms with E-state index < -0.39 is 23.6 Å². The molecule has 4 heterocycles. The molecule has 0 amide bonds. The number of carboxylic acids is 1. The maximum Gasteiger partial charge on any atom is 0.322 e. The van der Waals surface area contributed by atoms with Crippen LogP contribution in [-0.4, -0.2) is 59.0 Å². The number of aliphatic carboxylic acids is 1. The van der Waals surface area contributed by atoms with Crippen LogP contribution in [0.3, 0.4) is 0 Å². The number of pyridine rings is 2. The van der Waals surface area contributed by atoms with Crippen molar-refractivity contribution < 1.29 is 18.7 Å². The molecular formula is C23H18ClF2N5O2. The SMILES string of the molecule is O=C(O)[C@H]1CN(c2cnc3ccc(C4=CCN=C4c4cc(Cl)c(F)cc4F)nc3c2)CCN1. The van der Waals surface area contributed by atoms with Gasteiger partial charge in [-0.1, -0.05) is 17.7 Å². The first-order valence-corrected chi connectivity index (χ1v) is 10.7. The van der Waals surface area contributed by atoms with Crippen molar-refractivity contribution in [3.8, 4) is 0 Å². The molecule has 0 radical (unpaired) electrons. The molecule has 1 atom stereocenters. The lowest BCUT2D eigenvalue weighted by Crippen LogP contribution is -2.54. The third-order valence-electron chi connectivity index (χ3n) is 5.70. The van der Waals surface area contributed by atoms with Crippen LogP contribution in [0.4, 0.5) is 14.5 Å². The Morgan fingerprint density at radius 2 is 2.03 bits per heavy atom. The number of hydrogen-bond acceptors (Lipinski definition) is 6. The highest BCUT2D eigenvalue weighted by Gasteiger charge is 2.26. The largest absolute Gasteiger partial charge is 0.480 e. The molecule has 5 rings (SSSR count). The first kappa shape index (κ1) is 21.4. The van der Waals surface area contributed by atoms with Gasteiger partial charge in [-0.2, -0.15) is 0 Å². The number of halogens is 3. The smallest absolute Gasteiger partial charge is 0.322 e. The molecular weight excluding hydrogens is 452 g/mol. The van der Waals surface area contributed by atoms with Gasteiger partial charge < -0.3 is 15.3 Å². The van der Waals surface area contributed by atoms with Crippen LogP contribution in [0, 0.1) is 11.6 Å². The minimum Gasteiger partial charge on any atom is -0.480 e. The molecule has 2 aromatic heterocycles. The molecule has 33 heavy (non-hydrogen) atoms. The minimum absolute atomic E-state index is 0.111. The van der Waals surface area contributed by atoms with Crippen molar-refractivity contribution in [3.05, 3.63) is 70.5 Å². The second-order valence-corrected chi connectivity index (χ2v) is 8.18. The van der Waals surface area contributed by atoms with Crippen LogP contribution in [0.1, 0.15) is 11.3 Å². The Bertz CT molecular complexity index is 1340. The van der Waals surface area contributed by atoms with Crippen LogP contribution in [-0.2, 0) is 4.79 Å². The predicted molar refractivity (Wildman–Crippen MR) is 122 cm³/mol. The number of anilines is 1. The molecule has 0 aliphatic carbocycles. The molecule has 1 aromatic carbocycles. The monoisotopic (exact) mass is 469 g/mol. The summed E-state index contributed by atoms with van der Waals surface area (Å²) in [7, 11) is 0. The highest BCUT2D eigenvalue weighted by molar-refractivity contribution is 6.35. The highest BCUT2D eigenvalue weighted by atomic mass is 35.5. The van der Waals surface area contributed by atoms with Gasteiger partial charge in [-0.05, 0) is 24.3 Å². The van der Waals surface area contributed by atoms with Gasteiger partial charge in [0.15, 0.2) is 0 Å². The van der Waals surface area contributed by atoms with Crippen LogP contribution in [0.2, 0.25) is 5.02 Å². The number of aliphatic imine (C=N–C) groups is 1. The van der Waals surface area contributed by atoms with Gasteiger partial charge >= 0.3 is 5.97 Å². The fourth-order valence-corrected chi connectivity index (χ4v) is 4.20. The van der Waals surface area contributed by atoms with Gasteiger partial charge in [-0.25, -0.2) is 13.8 Å². The van der Waals surface area contributed by atoms with E-state index in [2.05, 4.69) is 15.3 Å². The summed E-state index contributed by atoms with van der Waals surface area (Å²) >= 11 is 5.87. The zero-order valence-corrected chi connectivity index (χ0v) is 18.0. The molecule has 2 aliphatic heterocycles. The average Bonchev–Trinajstić information content (AvgIpc) is 3.30. The van der Waals surface area contributed by atoms with Crippen molar-refractivity contribution >= 4 is 45.6 Å². The number of benzene rings is 1. The molecule has 1 fully saturated rings. The summed E-state index contributed by atoms with van der Waals surface area (Å²) < 4.78 is 28.1. The third kappa shape index (κ3) is 4.05. The van der Waals surface area contributed by atoms with Gasteiger partial charge in [0.2, 0.25) is 0 Å². The Morgan fingerprint density at radius 1 is 1.18 bits per heavy atom. The van der Waals surface area contributed by atoms with E-state index in [9.17, 15) is 18.7 Å². The van der Waals surface area contributed by atoms with Crippen LogP contribution >= 0.6 is 11.6 Å². The standard InChI is InChI=1S/C23H18ClF2N5O2/c24-15-8-14(16(25)9-17(15)26)22-13(3-4-28-22)18-1-2-19-20(30-18)7-12(10-29-19)31-6-5-27-21(11-31)23(32)33/h1-3,7-10,21,27H,4-6,11H2,(H,32,33)/t21-/m1/s1. The number of aromatic nitrogens is 2. The molecule has 168 valence electrons. The van der Waals surface area contributed by atoms with Gasteiger partial charge in [0.1, 0.15) is 17.7 Å². The van der Waals surface area contributed by atoms with Gasteiger partial charge in [0, 0.05) is 36.8 Å². The number of allylic oxidation sites excluding steroid dienone is 1. The highest BCUT2D eigenvalue weighted by Crippen LogP contribution is 2.29. The van der Waals surface area contributed by atoms with Gasteiger partial charge in [0.05, 0.1) is 45.9 Å². The van der Waals surface area contributed by atoms with E-state index >= 15 is 0 Å². The van der Waals surface area contributed by atoms with Crippen molar-refractivity contribution in [2.24, 2.45) is 4.99 Å².